The van der Waals surface area contributed by atoms with E-state index in [1.54, 1.807) is 0 Å². The maximum Gasteiger partial charge on any atom is 0.138 e. The first-order chi connectivity index (χ1) is 9.41. The summed E-state index contributed by atoms with van der Waals surface area (Å²) in [4.78, 5) is 0. The molecule has 1 aromatic carbocycles. The van der Waals surface area contributed by atoms with Crippen LogP contribution in [0.25, 0.3) is 0 Å². The molecule has 0 bridgehead atoms. The predicted molar refractivity (Wildman–Crippen MR) is 101 cm³/mol. The Balaban J connectivity index is 2.93. The molecule has 1 aromatic rings. The zero-order valence-electron chi connectivity index (χ0n) is 14.8. The Hall–Kier alpha value is -1.23. The molecule has 0 aliphatic rings. The molecule has 0 N–H and O–H groups in total. The van der Waals surface area contributed by atoms with E-state index in [9.17, 15) is 0 Å². The summed E-state index contributed by atoms with van der Waals surface area (Å²) < 4.78 is 0. The molecule has 0 amide bonds. The zero-order chi connectivity index (χ0) is 16.3. The monoisotopic (exact) mass is 312 g/mol. The molecule has 0 saturated heterocycles. The van der Waals surface area contributed by atoms with Crippen molar-refractivity contribution in [1.29, 1.82) is 0 Å². The van der Waals surface area contributed by atoms with Crippen molar-refractivity contribution in [2.24, 2.45) is 0 Å². The molecule has 0 nitrogen and oxygen atoms in total. The van der Waals surface area contributed by atoms with Gasteiger partial charge in [0.1, 0.15) is 16.1 Å². The largest absolute Gasteiger partial charge is 0.138 e. The standard InChI is InChI=1S/C19H28Si2/c1-19(2,3)21(7,8)16-14-18-11-9-17(10-12-18)13-15-20(4,5)6/h9-12H,1-8H3. The molecule has 1 rings (SSSR count). The van der Waals surface area contributed by atoms with E-state index < -0.39 is 16.1 Å². The molecule has 0 unspecified atom stereocenters. The fraction of sp³-hybridized carbons (Fsp3) is 0.474. The van der Waals surface area contributed by atoms with Gasteiger partial charge >= 0.3 is 0 Å². The lowest BCUT2D eigenvalue weighted by Crippen LogP contribution is -2.35. The van der Waals surface area contributed by atoms with Crippen LogP contribution in [0.3, 0.4) is 0 Å². The highest BCUT2D eigenvalue weighted by molar-refractivity contribution is 6.87. The molecule has 0 radical (unpaired) electrons. The van der Waals surface area contributed by atoms with E-state index in [1.165, 1.54) is 0 Å². The summed E-state index contributed by atoms with van der Waals surface area (Å²) in [5, 5.41) is 0.308. The van der Waals surface area contributed by atoms with Crippen molar-refractivity contribution in [2.75, 3.05) is 0 Å². The second-order valence-corrected chi connectivity index (χ2v) is 18.0. The maximum absolute atomic E-state index is 3.55. The highest BCUT2D eigenvalue weighted by Gasteiger charge is 2.33. The number of hydrogen-bond donors (Lipinski definition) is 0. The van der Waals surface area contributed by atoms with E-state index in [0.29, 0.717) is 5.04 Å². The van der Waals surface area contributed by atoms with Crippen molar-refractivity contribution >= 4 is 16.1 Å². The summed E-state index contributed by atoms with van der Waals surface area (Å²) in [5.41, 5.74) is 9.13. The first kappa shape index (κ1) is 17.8. The third kappa shape index (κ3) is 5.96. The van der Waals surface area contributed by atoms with Gasteiger partial charge in [-0.05, 0) is 29.3 Å². The van der Waals surface area contributed by atoms with E-state index in [2.05, 4.69) is 101 Å². The van der Waals surface area contributed by atoms with Crippen molar-refractivity contribution in [1.82, 2.24) is 0 Å². The predicted octanol–water partition coefficient (Wildman–Crippen LogP) is 5.31. The lowest BCUT2D eigenvalue weighted by atomic mass is 10.1. The van der Waals surface area contributed by atoms with E-state index in [1.807, 2.05) is 0 Å². The number of rotatable bonds is 0. The van der Waals surface area contributed by atoms with Gasteiger partial charge in [0.25, 0.3) is 0 Å². The molecule has 0 spiro atoms. The van der Waals surface area contributed by atoms with Crippen LogP contribution in [-0.4, -0.2) is 16.1 Å². The van der Waals surface area contributed by atoms with Crippen LogP contribution < -0.4 is 0 Å². The molecule has 0 aliphatic carbocycles. The summed E-state index contributed by atoms with van der Waals surface area (Å²) in [6, 6.07) is 8.36. The van der Waals surface area contributed by atoms with E-state index >= 15 is 0 Å². The van der Waals surface area contributed by atoms with Gasteiger partial charge in [0, 0.05) is 11.1 Å². The third-order valence-electron chi connectivity index (χ3n) is 3.86. The van der Waals surface area contributed by atoms with E-state index in [4.69, 9.17) is 0 Å². The van der Waals surface area contributed by atoms with Gasteiger partial charge in [0.2, 0.25) is 0 Å². The molecule has 0 aliphatic heterocycles. The third-order valence-corrected chi connectivity index (χ3v) is 9.24. The first-order valence-corrected chi connectivity index (χ1v) is 14.1. The van der Waals surface area contributed by atoms with Crippen LogP contribution in [0.5, 0.6) is 0 Å². The van der Waals surface area contributed by atoms with Crippen LogP contribution in [-0.2, 0) is 0 Å². The minimum Gasteiger partial charge on any atom is -0.127 e. The minimum absolute atomic E-state index is 0.308. The van der Waals surface area contributed by atoms with Gasteiger partial charge in [0.15, 0.2) is 0 Å². The quantitative estimate of drug-likeness (QED) is 0.449. The molecule has 0 fully saturated rings. The van der Waals surface area contributed by atoms with Crippen LogP contribution in [0.1, 0.15) is 31.9 Å². The smallest absolute Gasteiger partial charge is 0.127 e. The molecule has 112 valence electrons. The second-order valence-electron chi connectivity index (χ2n) is 8.20. The lowest BCUT2D eigenvalue weighted by Gasteiger charge is -2.31. The minimum atomic E-state index is -1.52. The summed E-state index contributed by atoms with van der Waals surface area (Å²) in [5.74, 6) is 6.64. The van der Waals surface area contributed by atoms with Crippen molar-refractivity contribution in [3.8, 4) is 22.9 Å². The fourth-order valence-electron chi connectivity index (χ4n) is 1.31. The molecule has 21 heavy (non-hydrogen) atoms. The molecule has 0 atom stereocenters. The molecular weight excluding hydrogens is 284 g/mol. The maximum atomic E-state index is 3.55. The Morgan fingerprint density at radius 2 is 1.10 bits per heavy atom. The summed E-state index contributed by atoms with van der Waals surface area (Å²) in [7, 11) is -2.82. The summed E-state index contributed by atoms with van der Waals surface area (Å²) in [6.07, 6.45) is 0. The molecule has 0 aromatic heterocycles. The van der Waals surface area contributed by atoms with Crippen LogP contribution in [0.4, 0.5) is 0 Å². The first-order valence-electron chi connectivity index (χ1n) is 7.57. The average molecular weight is 313 g/mol. The van der Waals surface area contributed by atoms with Gasteiger partial charge < -0.3 is 0 Å². The highest BCUT2D eigenvalue weighted by atomic mass is 28.3. The molecule has 0 heterocycles. The molecule has 0 saturated carbocycles. The highest BCUT2D eigenvalue weighted by Crippen LogP contribution is 2.35. The fourth-order valence-corrected chi connectivity index (χ4v) is 2.66. The van der Waals surface area contributed by atoms with Gasteiger partial charge in [-0.3, -0.25) is 0 Å². The summed E-state index contributed by atoms with van der Waals surface area (Å²) in [6.45, 7) is 18.4. The van der Waals surface area contributed by atoms with E-state index in [-0.39, 0.29) is 0 Å². The SMILES string of the molecule is CC(C)(C)[Si](C)(C)C#Cc1ccc(C#C[Si](C)(C)C)cc1. The Morgan fingerprint density at radius 3 is 1.43 bits per heavy atom. The van der Waals surface area contributed by atoms with Crippen LogP contribution >= 0.6 is 0 Å². The van der Waals surface area contributed by atoms with Crippen molar-refractivity contribution in [3.63, 3.8) is 0 Å². The molecule has 2 heteroatoms. The van der Waals surface area contributed by atoms with Crippen molar-refractivity contribution < 1.29 is 0 Å². The number of benzene rings is 1. The van der Waals surface area contributed by atoms with Gasteiger partial charge in [-0.2, -0.15) is 0 Å². The Labute approximate surface area is 133 Å². The Morgan fingerprint density at radius 1 is 0.714 bits per heavy atom. The second kappa shape index (κ2) is 6.26. The van der Waals surface area contributed by atoms with Gasteiger partial charge in [-0.15, -0.1) is 11.1 Å². The Kier molecular flexibility index (Phi) is 5.32. The zero-order valence-corrected chi connectivity index (χ0v) is 16.8. The lowest BCUT2D eigenvalue weighted by molar-refractivity contribution is 0.731. The van der Waals surface area contributed by atoms with Gasteiger partial charge in [-0.1, -0.05) is 65.3 Å². The normalized spacial score (nSPS) is 12.0. The Bertz CT molecular complexity index is 600. The summed E-state index contributed by atoms with van der Waals surface area (Å²) >= 11 is 0. The van der Waals surface area contributed by atoms with Crippen molar-refractivity contribution in [3.05, 3.63) is 35.4 Å². The average Bonchev–Trinajstić information content (AvgIpc) is 2.33. The van der Waals surface area contributed by atoms with Gasteiger partial charge in [-0.25, -0.2) is 0 Å². The molecular formula is C19H28Si2. The number of hydrogen-bond acceptors (Lipinski definition) is 0. The van der Waals surface area contributed by atoms with Crippen LogP contribution in [0.15, 0.2) is 24.3 Å². The van der Waals surface area contributed by atoms with Gasteiger partial charge in [0.05, 0.1) is 0 Å². The van der Waals surface area contributed by atoms with E-state index in [0.717, 1.165) is 11.1 Å². The van der Waals surface area contributed by atoms with Crippen LogP contribution in [0.2, 0.25) is 37.8 Å². The topological polar surface area (TPSA) is 0 Å². The van der Waals surface area contributed by atoms with Crippen molar-refractivity contribution in [2.45, 2.75) is 58.5 Å². The van der Waals surface area contributed by atoms with Crippen LogP contribution in [0, 0.1) is 22.9 Å².